The second-order valence-corrected chi connectivity index (χ2v) is 68.2. The SMILES string of the molecule is CC(CC(CC(CC(CC(CC(CC(CC(CC(CC(CC(CC(CC(CC(CC(CC(CC(CC(CC(CC(C)P(=O)(O)O)P(=O)(O)O)P(=O)(O)O)P(=O)(O)O)P(=O)(O)O)P(=O)(O)O)P(=O)(O)O)P(=O)(O)O)P(=O)(O)O)P(=O)(O)O)P(=O)(O)O)P(=O)(O)O)P(=O)(O)O)P(=O)(O)O)P(=O)(O)O)P(=O)(O)O)P(=O)(O)O)P(=O)(O)O)P(=O)(O)O)P(=O)(O)O. The van der Waals surface area contributed by atoms with Crippen LogP contribution in [-0.2, 0) is 91.3 Å². The molecule has 0 radical (unpaired) electrons. The van der Waals surface area contributed by atoms with E-state index in [0.717, 1.165) is 0 Å². The zero-order valence-electron chi connectivity index (χ0n) is 62.0. The lowest BCUT2D eigenvalue weighted by molar-refractivity contribution is 0.299. The Morgan fingerprint density at radius 3 is 0.198 bits per heavy atom. The van der Waals surface area contributed by atoms with Crippen LogP contribution in [0.4, 0.5) is 0 Å². The Morgan fingerprint density at radius 2 is 0.157 bits per heavy atom. The van der Waals surface area contributed by atoms with Crippen molar-refractivity contribution in [1.82, 2.24) is 0 Å². The largest absolute Gasteiger partial charge is 0.328 e. The van der Waals surface area contributed by atoms with Crippen molar-refractivity contribution in [3.8, 4) is 0 Å². The summed E-state index contributed by atoms with van der Waals surface area (Å²) in [6.07, 6.45) is -36.0. The first-order chi connectivity index (χ1) is 52.4. The highest BCUT2D eigenvalue weighted by atomic mass is 31.2. The molecule has 0 heterocycles. The molecule has 60 nitrogen and oxygen atoms in total. The Balaban J connectivity index is 8.13. The van der Waals surface area contributed by atoms with E-state index in [9.17, 15) is 287 Å². The lowest BCUT2D eigenvalue weighted by Gasteiger charge is -2.34. The summed E-state index contributed by atoms with van der Waals surface area (Å²) >= 11 is 0. The topological polar surface area (TPSA) is 1150 Å². The summed E-state index contributed by atoms with van der Waals surface area (Å²) in [4.78, 5) is 413. The van der Waals surface area contributed by atoms with Crippen LogP contribution in [0, 0.1) is 0 Å². The van der Waals surface area contributed by atoms with Gasteiger partial charge in [-0.05, 0) is 122 Å². The Labute approximate surface area is 684 Å². The van der Waals surface area contributed by atoms with Crippen LogP contribution in [0.1, 0.15) is 136 Å². The predicted octanol–water partition coefficient (Wildman–Crippen LogP) is -0.636. The third kappa shape index (κ3) is 45.5. The van der Waals surface area contributed by atoms with Crippen molar-refractivity contribution in [1.29, 1.82) is 0 Å². The van der Waals surface area contributed by atoms with Gasteiger partial charge in [-0.25, -0.2) is 0 Å². The van der Waals surface area contributed by atoms with Crippen LogP contribution in [-0.4, -0.2) is 309 Å². The van der Waals surface area contributed by atoms with Gasteiger partial charge in [0.05, 0.1) is 113 Å². The minimum absolute atomic E-state index is 0.697. The van der Waals surface area contributed by atoms with Crippen LogP contribution in [0.25, 0.3) is 0 Å². The molecule has 0 bridgehead atoms. The highest BCUT2D eigenvalue weighted by molar-refractivity contribution is 7.59. The normalized spacial score (nSPS) is 20.1. The van der Waals surface area contributed by atoms with Crippen molar-refractivity contribution in [2.45, 2.75) is 249 Å². The van der Waals surface area contributed by atoms with Crippen LogP contribution < -0.4 is 0 Å². The molecule has 0 amide bonds. The van der Waals surface area contributed by atoms with E-state index in [-0.39, 0.29) is 0 Å². The van der Waals surface area contributed by atoms with Gasteiger partial charge in [-0.3, -0.25) is 91.3 Å². The molecule has 0 saturated carbocycles. The van der Waals surface area contributed by atoms with Gasteiger partial charge in [0, 0.05) is 0 Å². The molecule has 0 aliphatic rings. The van der Waals surface area contributed by atoms with Gasteiger partial charge >= 0.3 is 152 Å². The average molecular weight is 2180 g/mol. The summed E-state index contributed by atoms with van der Waals surface area (Å²) in [6, 6.07) is 0. The first-order valence-corrected chi connectivity index (χ1v) is 67.1. The summed E-state index contributed by atoms with van der Waals surface area (Å²) in [5.74, 6) is 0. The fourth-order valence-corrected chi connectivity index (χ4v) is 36.5. The van der Waals surface area contributed by atoms with Crippen molar-refractivity contribution in [2.24, 2.45) is 0 Å². The second-order valence-electron chi connectivity index (χ2n) is 29.7. The molecule has 0 aliphatic heterocycles. The van der Waals surface area contributed by atoms with Gasteiger partial charge in [0.2, 0.25) is 0 Å². The summed E-state index contributed by atoms with van der Waals surface area (Å²) in [7, 11) is -124. The predicted molar refractivity (Wildman–Crippen MR) is 416 cm³/mol. The van der Waals surface area contributed by atoms with E-state index in [1.165, 1.54) is 0 Å². The van der Waals surface area contributed by atoms with Crippen LogP contribution in [0.2, 0.25) is 0 Å². The molecule has 40 N–H and O–H groups in total. The minimum atomic E-state index is -6.50. The monoisotopic (exact) mass is 2180 g/mol. The van der Waals surface area contributed by atoms with E-state index in [2.05, 4.69) is 0 Å². The Morgan fingerprint density at radius 1 is 0.107 bits per heavy atom. The molecule has 0 aliphatic carbocycles. The van der Waals surface area contributed by atoms with Crippen molar-refractivity contribution in [3.63, 3.8) is 0 Å². The maximum atomic E-state index is 13.3. The van der Waals surface area contributed by atoms with E-state index in [1.807, 2.05) is 0 Å². The Kier molecular flexibility index (Phi) is 46.0. The van der Waals surface area contributed by atoms with E-state index >= 15 is 0 Å². The van der Waals surface area contributed by atoms with E-state index in [1.54, 1.807) is 0 Å². The van der Waals surface area contributed by atoms with E-state index in [0.29, 0.717) is 13.8 Å². The lowest BCUT2D eigenvalue weighted by Crippen LogP contribution is -2.32. The summed E-state index contributed by atoms with van der Waals surface area (Å²) < 4.78 is 259. The van der Waals surface area contributed by atoms with Gasteiger partial charge in [0.25, 0.3) is 0 Å². The minimum Gasteiger partial charge on any atom is -0.324 e. The summed E-state index contributed by atoms with van der Waals surface area (Å²) in [5, 5.41) is 0. The molecule has 20 unspecified atom stereocenters. The van der Waals surface area contributed by atoms with Crippen LogP contribution >= 0.6 is 152 Å². The number of rotatable bonds is 58. The molecule has 0 saturated heterocycles. The lowest BCUT2D eigenvalue weighted by atomic mass is 9.99. The van der Waals surface area contributed by atoms with Gasteiger partial charge < -0.3 is 196 Å². The molecule has 0 spiro atoms. The maximum Gasteiger partial charge on any atom is 0.328 e. The van der Waals surface area contributed by atoms with Gasteiger partial charge in [-0.15, -0.1) is 0 Å². The van der Waals surface area contributed by atoms with Gasteiger partial charge in [0.15, 0.2) is 0 Å². The quantitative estimate of drug-likeness (QED) is 0.0337. The fourth-order valence-electron chi connectivity index (χ4n) is 13.1. The smallest absolute Gasteiger partial charge is 0.324 e. The van der Waals surface area contributed by atoms with Gasteiger partial charge in [0.1, 0.15) is 0 Å². The van der Waals surface area contributed by atoms with E-state index < -0.39 is 387 Å². The molecule has 20 atom stereocenters. The fraction of sp³-hybridized carbons (Fsp3) is 1.00. The molecule has 0 aromatic rings. The van der Waals surface area contributed by atoms with Gasteiger partial charge in [-0.2, -0.15) is 0 Å². The molecular formula is C41H104O60P20. The standard InChI is InChI=1S/C41H104O60P20/c1-22(102(42,43)44)3-24(104(48,49)50)5-26(106(54,55)56)7-28(108(60,61)62)9-30(110(66,67)68)11-32(112(72,73)74)13-34(114(78,79)80)15-36(116(84,85)86)17-38(118(90,91)92)19-40(120(96,97)98)21-41(121(99,100)101)20-39(119(93,94)95)18-37(117(87,88)89)16-35(115(81,82)83)14-33(113(75,76)77)12-31(111(69,70)71)10-29(109(63,64)65)8-27(107(57,58)59)6-25(105(51,52)53)4-23(2)103(45,46)47/h22-41H,3-21H2,1-2H3,(H2,42,43,44)(H2,45,46,47)(H2,48,49,50)(H2,51,52,53)(H2,54,55,56)(H2,57,58,59)(H2,60,61,62)(H2,63,64,65)(H2,66,67,68)(H2,69,70,71)(H2,72,73,74)(H2,75,76,77)(H2,78,79,80)(H2,81,82,83)(H2,84,85,86)(H2,87,88,89)(H2,90,91,92)(H2,93,94,95)(H2,96,97,98)(H2,99,100,101). The van der Waals surface area contributed by atoms with Crippen molar-refractivity contribution in [3.05, 3.63) is 0 Å². The number of hydrogen-bond donors (Lipinski definition) is 40. The molecule has 121 heavy (non-hydrogen) atoms. The van der Waals surface area contributed by atoms with Gasteiger partial charge in [-0.1, -0.05) is 13.8 Å². The number of hydrogen-bond acceptors (Lipinski definition) is 20. The maximum absolute atomic E-state index is 13.3. The molecule has 0 aromatic heterocycles. The van der Waals surface area contributed by atoms with Crippen LogP contribution in [0.15, 0.2) is 0 Å². The van der Waals surface area contributed by atoms with Crippen LogP contribution in [0.3, 0.4) is 0 Å². The molecule has 0 fully saturated rings. The van der Waals surface area contributed by atoms with Crippen LogP contribution in [0.5, 0.6) is 0 Å². The molecule has 0 rings (SSSR count). The van der Waals surface area contributed by atoms with Crippen molar-refractivity contribution >= 4 is 152 Å². The Hall–Kier alpha value is 3.00. The molecule has 0 aromatic carbocycles. The molecule has 728 valence electrons. The summed E-state index contributed by atoms with van der Waals surface area (Å²) in [5.41, 5.74) is -58.1. The zero-order chi connectivity index (χ0) is 97.0. The molecular weight excluding hydrogens is 2070 g/mol. The second kappa shape index (κ2) is 44.9. The zero-order valence-corrected chi connectivity index (χ0v) is 79.9. The highest BCUT2D eigenvalue weighted by Crippen LogP contribution is 2.68. The first-order valence-electron chi connectivity index (χ1n) is 33.5. The molecule has 80 heteroatoms. The average Bonchev–Trinajstić information content (AvgIpc) is 0.803. The summed E-state index contributed by atoms with van der Waals surface area (Å²) in [6.45, 7) is 1.39. The highest BCUT2D eigenvalue weighted by Gasteiger charge is 2.55. The first kappa shape index (κ1) is 124. The van der Waals surface area contributed by atoms with E-state index in [4.69, 9.17) is 0 Å². The third-order valence-corrected chi connectivity index (χ3v) is 47.6. The third-order valence-electron chi connectivity index (χ3n) is 20.2. The Bertz CT molecular complexity index is 4140. The van der Waals surface area contributed by atoms with Crippen molar-refractivity contribution in [2.75, 3.05) is 0 Å². The van der Waals surface area contributed by atoms with Crippen molar-refractivity contribution < 1.29 is 287 Å².